The molecular weight excluding hydrogens is 905 g/mol. The zero-order chi connectivity index (χ0) is 48.8. The Morgan fingerprint density at radius 1 is 0.859 bits per heavy atom. The quantitative estimate of drug-likeness (QED) is 0.0258. The fraction of sp³-hybridized carbons (Fsp3) is 0.443. The van der Waals surface area contributed by atoms with Gasteiger partial charge in [0.05, 0.1) is 24.8 Å². The van der Waals surface area contributed by atoms with E-state index in [2.05, 4.69) is 90.4 Å². The van der Waals surface area contributed by atoms with Crippen LogP contribution in [0.1, 0.15) is 106 Å². The van der Waals surface area contributed by atoms with Gasteiger partial charge in [-0.2, -0.15) is 0 Å². The summed E-state index contributed by atoms with van der Waals surface area (Å²) in [5.41, 5.74) is 4.94. The van der Waals surface area contributed by atoms with E-state index >= 15 is 4.79 Å². The maximum atomic E-state index is 15.6. The molecule has 5 aromatic rings. The Morgan fingerprint density at radius 2 is 1.61 bits per heavy atom. The van der Waals surface area contributed by atoms with Gasteiger partial charge in [-0.1, -0.05) is 147 Å². The maximum Gasteiger partial charge on any atom is 0.239 e. The minimum Gasteiger partial charge on any atom is -0.493 e. The second-order valence-corrected chi connectivity index (χ2v) is 21.1. The van der Waals surface area contributed by atoms with Crippen LogP contribution in [0.3, 0.4) is 0 Å². The Bertz CT molecular complexity index is 2580. The number of hydrogen-bond acceptors (Lipinski definition) is 9. The number of hydrogen-bond donors (Lipinski definition) is 2. The molecule has 10 heteroatoms. The van der Waals surface area contributed by atoms with Crippen molar-refractivity contribution in [3.05, 3.63) is 162 Å². The van der Waals surface area contributed by atoms with Crippen molar-refractivity contribution in [1.82, 2.24) is 4.90 Å². The fourth-order valence-corrected chi connectivity index (χ4v) is 12.8. The van der Waals surface area contributed by atoms with Crippen LogP contribution in [0.5, 0.6) is 11.5 Å². The summed E-state index contributed by atoms with van der Waals surface area (Å²) in [6.45, 7) is 5.79. The van der Waals surface area contributed by atoms with Gasteiger partial charge in [-0.3, -0.25) is 4.79 Å². The number of unbranched alkanes of at least 4 members (excludes halogenated alkanes) is 2. The van der Waals surface area contributed by atoms with E-state index in [1.165, 1.54) is 17.7 Å². The number of thioether (sulfide) groups is 1. The molecule has 0 saturated heterocycles. The van der Waals surface area contributed by atoms with E-state index in [4.69, 9.17) is 24.2 Å². The van der Waals surface area contributed by atoms with Crippen LogP contribution in [-0.4, -0.2) is 70.7 Å². The standard InChI is InChI=1S/C61H72N2O7S/c1-2-36-68-61-57(63(58(66)33-30-44-18-9-10-19-44)42-48-25-17-24-46-22-11-12-28-51(46)48)41-55(62-69-43-45-20-5-3-6-21-45)53-39-47(23-13-15-34-64)52(29-14-16-35-65)59(60(53)61)54-40-49(31-32-56(54)70-61)67-37-38-71-50-26-7-4-8-27-50/h2-8,11-12,17,20-22,24-28,31-32,39-40,44,47,52,57,59-60,64-65H,1,9-10,13-16,18-19,23,29-30,33-38,41-43H2. The van der Waals surface area contributed by atoms with E-state index in [0.717, 1.165) is 101 Å². The molecule has 71 heavy (non-hydrogen) atoms. The predicted molar refractivity (Wildman–Crippen MR) is 285 cm³/mol. The van der Waals surface area contributed by atoms with Gasteiger partial charge in [0.25, 0.3) is 0 Å². The van der Waals surface area contributed by atoms with Crippen molar-refractivity contribution in [2.75, 3.05) is 32.2 Å². The summed E-state index contributed by atoms with van der Waals surface area (Å²) < 4.78 is 21.6. The molecule has 0 radical (unpaired) electrons. The number of ether oxygens (including phenoxy) is 3. The van der Waals surface area contributed by atoms with Crippen molar-refractivity contribution >= 4 is 34.2 Å². The van der Waals surface area contributed by atoms with Crippen LogP contribution in [0, 0.1) is 23.7 Å². The topological polar surface area (TPSA) is 110 Å². The highest BCUT2D eigenvalue weighted by Crippen LogP contribution is 2.62. The third kappa shape index (κ3) is 11.9. The molecule has 2 saturated carbocycles. The van der Waals surface area contributed by atoms with Gasteiger partial charge in [-0.25, -0.2) is 0 Å². The Kier molecular flexibility index (Phi) is 17.7. The number of carbonyl (C=O) groups excluding carboxylic acids is 1. The number of oxime groups is 1. The van der Waals surface area contributed by atoms with Crippen LogP contribution in [0.25, 0.3) is 10.8 Å². The molecule has 1 amide bonds. The van der Waals surface area contributed by atoms with Crippen molar-refractivity contribution in [3.8, 4) is 11.5 Å². The van der Waals surface area contributed by atoms with Crippen molar-refractivity contribution in [2.45, 2.75) is 119 Å². The van der Waals surface area contributed by atoms with Crippen molar-refractivity contribution in [2.24, 2.45) is 28.8 Å². The molecular formula is C61H72N2O7S. The summed E-state index contributed by atoms with van der Waals surface area (Å²) in [6.07, 6.45) is 15.4. The lowest BCUT2D eigenvalue weighted by Gasteiger charge is -2.60. The van der Waals surface area contributed by atoms with E-state index in [-0.39, 0.29) is 43.5 Å². The second kappa shape index (κ2) is 24.8. The molecule has 1 heterocycles. The van der Waals surface area contributed by atoms with E-state index < -0.39 is 17.7 Å². The third-order valence-corrected chi connectivity index (χ3v) is 16.4. The van der Waals surface area contributed by atoms with E-state index in [1.54, 1.807) is 17.8 Å². The SMILES string of the molecule is C=CCOC12Oc3ccc(OCCSc4ccccc4)cc3C3C(CCCCO)C(CCCCO)C=C(C(=NOCc4ccccc4)CC1N(Cc1cccc4ccccc14)C(=O)CCC1CCCC1)C32. The molecule has 0 spiro atoms. The van der Waals surface area contributed by atoms with Crippen LogP contribution < -0.4 is 9.47 Å². The van der Waals surface area contributed by atoms with E-state index in [1.807, 2.05) is 48.5 Å². The van der Waals surface area contributed by atoms with Crippen LogP contribution >= 0.6 is 11.8 Å². The van der Waals surface area contributed by atoms with Gasteiger partial charge in [-0.15, -0.1) is 18.3 Å². The molecule has 5 aromatic carbocycles. The first-order valence-electron chi connectivity index (χ1n) is 26.3. The van der Waals surface area contributed by atoms with Gasteiger partial charge in [0.2, 0.25) is 11.7 Å². The number of carbonyl (C=O) groups is 1. The average molecular weight is 977 g/mol. The van der Waals surface area contributed by atoms with Crippen LogP contribution in [0.15, 0.2) is 156 Å². The summed E-state index contributed by atoms with van der Waals surface area (Å²) >= 11 is 1.77. The molecule has 1 aliphatic heterocycles. The fourth-order valence-electron chi connectivity index (χ4n) is 12.1. The zero-order valence-corrected chi connectivity index (χ0v) is 42.1. The highest BCUT2D eigenvalue weighted by atomic mass is 32.2. The monoisotopic (exact) mass is 977 g/mol. The number of aliphatic hydroxyl groups excluding tert-OH is 2. The summed E-state index contributed by atoms with van der Waals surface area (Å²) in [6, 6.07) is 40.9. The van der Waals surface area contributed by atoms with Crippen molar-refractivity contribution < 1.29 is 34.1 Å². The minimum absolute atomic E-state index is 0.0775. The Balaban J connectivity index is 1.20. The molecule has 4 aliphatic rings. The highest BCUT2D eigenvalue weighted by molar-refractivity contribution is 7.99. The van der Waals surface area contributed by atoms with Gasteiger partial charge in [0.1, 0.15) is 24.1 Å². The molecule has 9 nitrogen and oxygen atoms in total. The van der Waals surface area contributed by atoms with E-state index in [0.29, 0.717) is 51.4 Å². The first-order chi connectivity index (χ1) is 35.0. The molecule has 3 aliphatic carbocycles. The van der Waals surface area contributed by atoms with Crippen LogP contribution in [-0.2, 0) is 27.5 Å². The number of aliphatic hydroxyl groups is 2. The normalized spacial score (nSPS) is 23.1. The largest absolute Gasteiger partial charge is 0.493 e. The molecule has 6 unspecified atom stereocenters. The zero-order valence-electron chi connectivity index (χ0n) is 41.3. The third-order valence-electron chi connectivity index (χ3n) is 15.4. The number of benzene rings is 5. The smallest absolute Gasteiger partial charge is 0.239 e. The Hall–Kier alpha value is -5.39. The summed E-state index contributed by atoms with van der Waals surface area (Å²) in [4.78, 5) is 25.3. The molecule has 2 N–H and O–H groups in total. The van der Waals surface area contributed by atoms with Crippen LogP contribution in [0.2, 0.25) is 0 Å². The number of allylic oxidation sites excluding steroid dienone is 1. The molecule has 9 rings (SSSR count). The van der Waals surface area contributed by atoms with Gasteiger partial charge < -0.3 is 34.2 Å². The molecule has 0 bridgehead atoms. The number of nitrogens with zero attached hydrogens (tertiary/aromatic N) is 2. The first-order valence-corrected chi connectivity index (χ1v) is 27.3. The lowest BCUT2D eigenvalue weighted by molar-refractivity contribution is -0.258. The van der Waals surface area contributed by atoms with Gasteiger partial charge in [-0.05, 0) is 108 Å². The first kappa shape index (κ1) is 50.5. The van der Waals surface area contributed by atoms with Crippen LogP contribution in [0.4, 0.5) is 0 Å². The van der Waals surface area contributed by atoms with Crippen molar-refractivity contribution in [1.29, 1.82) is 0 Å². The second-order valence-electron chi connectivity index (χ2n) is 19.9. The lowest BCUT2D eigenvalue weighted by atomic mass is 9.55. The summed E-state index contributed by atoms with van der Waals surface area (Å²) in [5, 5.41) is 27.6. The van der Waals surface area contributed by atoms with E-state index in [9.17, 15) is 10.2 Å². The molecule has 6 atom stereocenters. The van der Waals surface area contributed by atoms with Gasteiger partial charge >= 0.3 is 0 Å². The number of fused-ring (bicyclic) bond motifs is 3. The molecule has 374 valence electrons. The van der Waals surface area contributed by atoms with Gasteiger partial charge in [0, 0.05) is 54.7 Å². The Morgan fingerprint density at radius 3 is 2.39 bits per heavy atom. The Labute approximate surface area is 425 Å². The number of rotatable bonds is 25. The number of amides is 1. The minimum atomic E-state index is -1.36. The highest BCUT2D eigenvalue weighted by Gasteiger charge is 2.65. The molecule has 2 fully saturated rings. The lowest BCUT2D eigenvalue weighted by Crippen LogP contribution is -2.70. The average Bonchev–Trinajstić information content (AvgIpc) is 3.94. The summed E-state index contributed by atoms with van der Waals surface area (Å²) in [7, 11) is 0. The molecule has 0 aromatic heterocycles. The maximum absolute atomic E-state index is 15.6. The van der Waals surface area contributed by atoms with Gasteiger partial charge in [0.15, 0.2) is 0 Å². The van der Waals surface area contributed by atoms with Crippen molar-refractivity contribution in [3.63, 3.8) is 0 Å². The predicted octanol–water partition coefficient (Wildman–Crippen LogP) is 12.8. The summed E-state index contributed by atoms with van der Waals surface area (Å²) in [5.74, 6) is 1.18.